The van der Waals surface area contributed by atoms with Crippen LogP contribution in [0, 0.1) is 0 Å². The molecule has 0 saturated heterocycles. The first-order valence-corrected chi connectivity index (χ1v) is 15.6. The van der Waals surface area contributed by atoms with Crippen LogP contribution < -0.4 is 4.74 Å². The fourth-order valence-electron chi connectivity index (χ4n) is 5.49. The maximum absolute atomic E-state index is 11.7. The Bertz CT molecular complexity index is 1720. The van der Waals surface area contributed by atoms with Gasteiger partial charge in [-0.3, -0.25) is 9.78 Å². The number of hydrogen-bond acceptors (Lipinski definition) is 6. The van der Waals surface area contributed by atoms with Crippen molar-refractivity contribution in [3.63, 3.8) is 0 Å². The lowest BCUT2D eigenvalue weighted by Crippen LogP contribution is -2.11. The summed E-state index contributed by atoms with van der Waals surface area (Å²) in [6, 6.07) is 26.6. The minimum absolute atomic E-state index is 0.219. The van der Waals surface area contributed by atoms with E-state index in [0.29, 0.717) is 36.6 Å². The molecule has 5 aromatic rings. The predicted octanol–water partition coefficient (Wildman–Crippen LogP) is 8.10. The largest absolute Gasteiger partial charge is 0.487 e. The van der Waals surface area contributed by atoms with Crippen molar-refractivity contribution in [1.82, 2.24) is 9.55 Å². The number of pyridine rings is 1. The quantitative estimate of drug-likeness (QED) is 0.111. The molecular weight excluding hydrogens is 580 g/mol. The summed E-state index contributed by atoms with van der Waals surface area (Å²) < 4.78 is 19.6. The third-order valence-electron chi connectivity index (χ3n) is 7.64. The summed E-state index contributed by atoms with van der Waals surface area (Å²) in [5.41, 5.74) is 7.71. The minimum atomic E-state index is -0.278. The van der Waals surface area contributed by atoms with E-state index in [0.717, 1.165) is 45.8 Å². The highest BCUT2D eigenvalue weighted by molar-refractivity contribution is 8.00. The second-order valence-electron chi connectivity index (χ2n) is 10.6. The lowest BCUT2D eigenvalue weighted by molar-refractivity contribution is -0.141. The molecule has 220 valence electrons. The van der Waals surface area contributed by atoms with Gasteiger partial charge < -0.3 is 18.8 Å². The maximum Gasteiger partial charge on any atom is 0.307 e. The van der Waals surface area contributed by atoms with Crippen LogP contribution in [0.4, 0.5) is 0 Å². The summed E-state index contributed by atoms with van der Waals surface area (Å²) in [7, 11) is 1.39. The molecule has 3 aromatic carbocycles. The van der Waals surface area contributed by atoms with Crippen molar-refractivity contribution in [2.75, 3.05) is 13.7 Å². The topological polar surface area (TPSA) is 62.6 Å². The van der Waals surface area contributed by atoms with Crippen molar-refractivity contribution in [3.05, 3.63) is 113 Å². The molecule has 0 bridgehead atoms. The first kappa shape index (κ1) is 29.3. The van der Waals surface area contributed by atoms with Crippen molar-refractivity contribution in [2.45, 2.75) is 49.7 Å². The van der Waals surface area contributed by atoms with Gasteiger partial charge in [-0.15, -0.1) is 11.8 Å². The normalized spacial score (nSPS) is 14.2. The number of thioether (sulfide) groups is 1. The number of halogens is 1. The highest BCUT2D eigenvalue weighted by atomic mass is 35.5. The van der Waals surface area contributed by atoms with Crippen LogP contribution in [0.3, 0.4) is 0 Å². The summed E-state index contributed by atoms with van der Waals surface area (Å²) in [6.07, 6.45) is 3.02. The zero-order valence-electron chi connectivity index (χ0n) is 24.2. The molecule has 0 spiro atoms. The number of benzene rings is 3. The van der Waals surface area contributed by atoms with Crippen LogP contribution in [0.2, 0.25) is 5.02 Å². The van der Waals surface area contributed by atoms with E-state index in [9.17, 15) is 4.79 Å². The number of nitrogens with zero attached hydrogens (tertiary/aromatic N) is 2. The molecule has 8 heteroatoms. The van der Waals surface area contributed by atoms with Gasteiger partial charge in [-0.05, 0) is 47.9 Å². The monoisotopic (exact) mass is 612 g/mol. The summed E-state index contributed by atoms with van der Waals surface area (Å²) in [4.78, 5) is 17.6. The van der Waals surface area contributed by atoms with Crippen molar-refractivity contribution >= 4 is 40.2 Å². The molecule has 1 aliphatic heterocycles. The van der Waals surface area contributed by atoms with E-state index >= 15 is 0 Å². The van der Waals surface area contributed by atoms with E-state index in [1.54, 1.807) is 0 Å². The number of carbonyl (C=O) groups excluding carboxylic acids is 1. The second-order valence-corrected chi connectivity index (χ2v) is 12.5. The Kier molecular flexibility index (Phi) is 9.03. The number of hydrogen-bond donors (Lipinski definition) is 0. The molecule has 6 rings (SSSR count). The van der Waals surface area contributed by atoms with Crippen molar-refractivity contribution in [3.8, 4) is 16.9 Å². The molecule has 0 saturated carbocycles. The van der Waals surface area contributed by atoms with Gasteiger partial charge in [0.2, 0.25) is 0 Å². The number of carbonyl (C=O) groups is 1. The molecule has 0 aliphatic carbocycles. The molecule has 6 nitrogen and oxygen atoms in total. The lowest BCUT2D eigenvalue weighted by Gasteiger charge is -2.22. The smallest absolute Gasteiger partial charge is 0.307 e. The van der Waals surface area contributed by atoms with E-state index in [1.165, 1.54) is 23.0 Å². The first-order valence-electron chi connectivity index (χ1n) is 14.4. The Morgan fingerprint density at radius 3 is 2.56 bits per heavy atom. The van der Waals surface area contributed by atoms with Crippen molar-refractivity contribution in [2.24, 2.45) is 0 Å². The van der Waals surface area contributed by atoms with Crippen LogP contribution in [0.5, 0.6) is 5.75 Å². The Morgan fingerprint density at radius 1 is 1.00 bits per heavy atom. The number of methoxy groups -OCH3 is 1. The van der Waals surface area contributed by atoms with Gasteiger partial charge in [-0.2, -0.15) is 0 Å². The van der Waals surface area contributed by atoms with Gasteiger partial charge in [-0.1, -0.05) is 67.1 Å². The molecule has 2 aromatic heterocycles. The summed E-state index contributed by atoms with van der Waals surface area (Å²) in [5, 5.41) is 2.29. The lowest BCUT2D eigenvalue weighted by atomic mass is 10.0. The number of rotatable bonds is 11. The van der Waals surface area contributed by atoms with Gasteiger partial charge in [0.1, 0.15) is 12.4 Å². The third-order valence-corrected chi connectivity index (χ3v) is 9.14. The predicted molar refractivity (Wildman–Crippen MR) is 172 cm³/mol. The standard InChI is InChI=1S/C35H33ClN2O4S/c1-23-18-29-32(42-21-28-13-10-26(19-37-28)25-6-4-3-5-7-25)15-14-30-34(29)35(43-23)31(22-41-17-16-33(39)40-2)38(30)20-24-8-11-27(36)12-9-24/h3-15,19,23H,16-18,20-22H2,1-2H3. The number of esters is 1. The molecule has 1 unspecified atom stereocenters. The molecule has 0 radical (unpaired) electrons. The number of ether oxygens (including phenoxy) is 3. The molecular formula is C35H33ClN2O4S. The molecule has 1 atom stereocenters. The molecule has 43 heavy (non-hydrogen) atoms. The zero-order valence-corrected chi connectivity index (χ0v) is 25.8. The Labute approximate surface area is 260 Å². The average Bonchev–Trinajstić information content (AvgIpc) is 3.32. The van der Waals surface area contributed by atoms with Gasteiger partial charge >= 0.3 is 5.97 Å². The summed E-state index contributed by atoms with van der Waals surface area (Å²) in [5.74, 6) is 0.607. The fourth-order valence-corrected chi connectivity index (χ4v) is 6.92. The molecule has 3 heterocycles. The first-order chi connectivity index (χ1) is 21.0. The zero-order chi connectivity index (χ0) is 29.8. The van der Waals surface area contributed by atoms with E-state index < -0.39 is 0 Å². The Morgan fingerprint density at radius 2 is 1.81 bits per heavy atom. The molecule has 1 aliphatic rings. The van der Waals surface area contributed by atoms with Crippen LogP contribution in [-0.2, 0) is 40.4 Å². The average molecular weight is 613 g/mol. The van der Waals surface area contributed by atoms with Crippen LogP contribution in [0.15, 0.2) is 90.0 Å². The Balaban J connectivity index is 1.31. The highest BCUT2D eigenvalue weighted by Gasteiger charge is 2.29. The van der Waals surface area contributed by atoms with Crippen LogP contribution in [-0.4, -0.2) is 34.5 Å². The van der Waals surface area contributed by atoms with Crippen molar-refractivity contribution in [1.29, 1.82) is 0 Å². The van der Waals surface area contributed by atoms with Crippen LogP contribution in [0.25, 0.3) is 22.0 Å². The van der Waals surface area contributed by atoms with Gasteiger partial charge in [0.15, 0.2) is 0 Å². The third kappa shape index (κ3) is 6.59. The van der Waals surface area contributed by atoms with E-state index in [2.05, 4.69) is 58.9 Å². The Hall–Kier alpha value is -3.78. The van der Waals surface area contributed by atoms with E-state index in [1.807, 2.05) is 54.4 Å². The number of aromatic nitrogens is 2. The van der Waals surface area contributed by atoms with E-state index in [-0.39, 0.29) is 12.4 Å². The minimum Gasteiger partial charge on any atom is -0.487 e. The maximum atomic E-state index is 11.7. The van der Waals surface area contributed by atoms with Gasteiger partial charge in [0, 0.05) is 44.4 Å². The fraction of sp³-hybridized carbons (Fsp3) is 0.257. The summed E-state index contributed by atoms with van der Waals surface area (Å²) >= 11 is 8.05. The molecule has 0 amide bonds. The summed E-state index contributed by atoms with van der Waals surface area (Å²) in [6.45, 7) is 4.00. The van der Waals surface area contributed by atoms with Crippen LogP contribution >= 0.6 is 23.4 Å². The highest BCUT2D eigenvalue weighted by Crippen LogP contribution is 2.47. The van der Waals surface area contributed by atoms with E-state index in [4.69, 9.17) is 25.8 Å². The van der Waals surface area contributed by atoms with Gasteiger partial charge in [0.25, 0.3) is 0 Å². The SMILES string of the molecule is COC(=O)CCOCc1c2c3c(c(OCc4ccc(-c5ccccc5)cn4)ccc3n1Cc1ccc(Cl)cc1)CC(C)S2. The van der Waals surface area contributed by atoms with Crippen LogP contribution in [0.1, 0.15) is 35.9 Å². The van der Waals surface area contributed by atoms with Gasteiger partial charge in [0.05, 0.1) is 43.6 Å². The molecule has 0 N–H and O–H groups in total. The second kappa shape index (κ2) is 13.2. The molecule has 0 fully saturated rings. The van der Waals surface area contributed by atoms with Crippen molar-refractivity contribution < 1.29 is 19.0 Å². The van der Waals surface area contributed by atoms with Gasteiger partial charge in [-0.25, -0.2) is 0 Å².